The van der Waals surface area contributed by atoms with Crippen molar-refractivity contribution in [1.82, 2.24) is 0 Å². The van der Waals surface area contributed by atoms with E-state index in [9.17, 15) is 13.2 Å². The summed E-state index contributed by atoms with van der Waals surface area (Å²) in [5.41, 5.74) is 6.37. The van der Waals surface area contributed by atoms with Gasteiger partial charge in [0, 0.05) is 23.2 Å². The van der Waals surface area contributed by atoms with E-state index in [0.29, 0.717) is 5.69 Å². The van der Waals surface area contributed by atoms with Crippen LogP contribution in [0.5, 0.6) is 0 Å². The number of rotatable bonds is 6. The molecule has 4 N–H and O–H groups in total. The molecule has 1 aromatic carbocycles. The van der Waals surface area contributed by atoms with Crippen molar-refractivity contribution in [2.45, 2.75) is 19.9 Å². The standard InChI is InChI=1S/C12H19N3O3S/c1-3-19(17,18)8-9(2)14-10-4-6-11(7-5-10)15-12(13)16/h4-7,9,14H,3,8H2,1-2H3,(H3,13,15,16). The van der Waals surface area contributed by atoms with Crippen molar-refractivity contribution in [1.29, 1.82) is 0 Å². The van der Waals surface area contributed by atoms with Crippen LogP contribution in [0.4, 0.5) is 16.2 Å². The third-order valence-corrected chi connectivity index (χ3v) is 4.40. The summed E-state index contributed by atoms with van der Waals surface area (Å²) in [7, 11) is -3.00. The molecule has 7 heteroatoms. The quantitative estimate of drug-likeness (QED) is 0.735. The summed E-state index contributed by atoms with van der Waals surface area (Å²) in [6.07, 6.45) is 0. The summed E-state index contributed by atoms with van der Waals surface area (Å²) < 4.78 is 22.9. The van der Waals surface area contributed by atoms with E-state index in [1.807, 2.05) is 6.92 Å². The molecular formula is C12H19N3O3S. The average Bonchev–Trinajstić information content (AvgIpc) is 2.30. The Morgan fingerprint density at radius 3 is 2.26 bits per heavy atom. The van der Waals surface area contributed by atoms with Gasteiger partial charge in [-0.05, 0) is 31.2 Å². The zero-order valence-corrected chi connectivity index (χ0v) is 11.8. The fourth-order valence-electron chi connectivity index (χ4n) is 1.62. The van der Waals surface area contributed by atoms with Gasteiger partial charge in [0.2, 0.25) is 0 Å². The molecule has 106 valence electrons. The number of hydrogen-bond acceptors (Lipinski definition) is 4. The van der Waals surface area contributed by atoms with E-state index in [4.69, 9.17) is 5.73 Å². The van der Waals surface area contributed by atoms with Gasteiger partial charge in [-0.25, -0.2) is 13.2 Å². The molecule has 0 radical (unpaired) electrons. The van der Waals surface area contributed by atoms with Crippen LogP contribution in [0.15, 0.2) is 24.3 Å². The Balaban J connectivity index is 2.60. The second kappa shape index (κ2) is 6.42. The molecule has 0 bridgehead atoms. The Hall–Kier alpha value is -1.76. The van der Waals surface area contributed by atoms with Crippen LogP contribution in [0.1, 0.15) is 13.8 Å². The minimum absolute atomic E-state index is 0.0881. The number of anilines is 2. The van der Waals surface area contributed by atoms with Crippen molar-refractivity contribution >= 4 is 27.2 Å². The maximum absolute atomic E-state index is 11.5. The minimum Gasteiger partial charge on any atom is -0.382 e. The lowest BCUT2D eigenvalue weighted by molar-refractivity contribution is 0.259. The summed E-state index contributed by atoms with van der Waals surface area (Å²) in [6.45, 7) is 3.44. The molecule has 1 rings (SSSR count). The number of hydrogen-bond donors (Lipinski definition) is 3. The van der Waals surface area contributed by atoms with E-state index < -0.39 is 15.9 Å². The van der Waals surface area contributed by atoms with Gasteiger partial charge in [-0.2, -0.15) is 0 Å². The van der Waals surface area contributed by atoms with Crippen LogP contribution in [0.2, 0.25) is 0 Å². The highest BCUT2D eigenvalue weighted by atomic mass is 32.2. The van der Waals surface area contributed by atoms with Gasteiger partial charge >= 0.3 is 6.03 Å². The third-order valence-electron chi connectivity index (χ3n) is 2.51. The number of urea groups is 1. The van der Waals surface area contributed by atoms with Crippen LogP contribution in [0, 0.1) is 0 Å². The predicted octanol–water partition coefficient (Wildman–Crippen LogP) is 1.41. The Kier molecular flexibility index (Phi) is 5.17. The number of amides is 2. The SMILES string of the molecule is CCS(=O)(=O)CC(C)Nc1ccc(NC(N)=O)cc1. The van der Waals surface area contributed by atoms with Gasteiger partial charge in [0.25, 0.3) is 0 Å². The second-order valence-corrected chi connectivity index (χ2v) is 6.71. The predicted molar refractivity (Wildman–Crippen MR) is 77.1 cm³/mol. The molecular weight excluding hydrogens is 266 g/mol. The first kappa shape index (κ1) is 15.3. The molecule has 0 spiro atoms. The van der Waals surface area contributed by atoms with Gasteiger partial charge in [-0.15, -0.1) is 0 Å². The Labute approximate surface area is 113 Å². The smallest absolute Gasteiger partial charge is 0.316 e. The Morgan fingerprint density at radius 2 is 1.79 bits per heavy atom. The highest BCUT2D eigenvalue weighted by molar-refractivity contribution is 7.91. The molecule has 0 heterocycles. The summed E-state index contributed by atoms with van der Waals surface area (Å²) in [5, 5.41) is 5.54. The monoisotopic (exact) mass is 285 g/mol. The molecule has 0 saturated carbocycles. The van der Waals surface area contributed by atoms with Gasteiger partial charge in [0.05, 0.1) is 5.75 Å². The van der Waals surface area contributed by atoms with Crippen LogP contribution < -0.4 is 16.4 Å². The molecule has 2 amide bonds. The fraction of sp³-hybridized carbons (Fsp3) is 0.417. The van der Waals surface area contributed by atoms with E-state index >= 15 is 0 Å². The Morgan fingerprint density at radius 1 is 1.26 bits per heavy atom. The number of nitrogens with two attached hydrogens (primary N) is 1. The van der Waals surface area contributed by atoms with E-state index in [2.05, 4.69) is 10.6 Å². The van der Waals surface area contributed by atoms with Gasteiger partial charge in [-0.3, -0.25) is 0 Å². The zero-order valence-electron chi connectivity index (χ0n) is 11.0. The lowest BCUT2D eigenvalue weighted by Crippen LogP contribution is -2.26. The molecule has 0 aliphatic carbocycles. The molecule has 0 aliphatic heterocycles. The van der Waals surface area contributed by atoms with Crippen LogP contribution in [0.3, 0.4) is 0 Å². The topological polar surface area (TPSA) is 101 Å². The summed E-state index contributed by atoms with van der Waals surface area (Å²) >= 11 is 0. The van der Waals surface area contributed by atoms with Crippen LogP contribution in [-0.4, -0.2) is 32.0 Å². The number of carbonyl (C=O) groups excluding carboxylic acids is 1. The molecule has 1 aromatic rings. The molecule has 0 aliphatic rings. The van der Waals surface area contributed by atoms with Crippen molar-refractivity contribution in [3.8, 4) is 0 Å². The molecule has 0 fully saturated rings. The first-order valence-electron chi connectivity index (χ1n) is 5.96. The third kappa shape index (κ3) is 5.60. The molecule has 1 unspecified atom stereocenters. The fourth-order valence-corrected chi connectivity index (χ4v) is 2.70. The number of carbonyl (C=O) groups is 1. The summed E-state index contributed by atoms with van der Waals surface area (Å²) in [6, 6.07) is 6.08. The maximum atomic E-state index is 11.5. The van der Waals surface area contributed by atoms with Crippen molar-refractivity contribution in [3.05, 3.63) is 24.3 Å². The van der Waals surface area contributed by atoms with E-state index in [1.165, 1.54) is 0 Å². The van der Waals surface area contributed by atoms with Gasteiger partial charge in [0.1, 0.15) is 0 Å². The minimum atomic E-state index is -3.00. The zero-order chi connectivity index (χ0) is 14.5. The van der Waals surface area contributed by atoms with E-state index in [-0.39, 0.29) is 17.5 Å². The largest absolute Gasteiger partial charge is 0.382 e. The first-order chi connectivity index (χ1) is 8.82. The van der Waals surface area contributed by atoms with Gasteiger partial charge in [0.15, 0.2) is 9.84 Å². The van der Waals surface area contributed by atoms with Crippen LogP contribution in [0.25, 0.3) is 0 Å². The number of benzene rings is 1. The Bertz CT molecular complexity index is 526. The highest BCUT2D eigenvalue weighted by Crippen LogP contribution is 2.14. The number of primary amides is 1. The van der Waals surface area contributed by atoms with Gasteiger partial charge in [-0.1, -0.05) is 6.92 Å². The molecule has 1 atom stereocenters. The number of nitrogens with one attached hydrogen (secondary N) is 2. The highest BCUT2D eigenvalue weighted by Gasteiger charge is 2.13. The second-order valence-electron chi connectivity index (χ2n) is 4.31. The maximum Gasteiger partial charge on any atom is 0.316 e. The van der Waals surface area contributed by atoms with Crippen molar-refractivity contribution < 1.29 is 13.2 Å². The van der Waals surface area contributed by atoms with Crippen molar-refractivity contribution in [3.63, 3.8) is 0 Å². The molecule has 19 heavy (non-hydrogen) atoms. The normalized spacial score (nSPS) is 12.7. The summed E-state index contributed by atoms with van der Waals surface area (Å²) in [5.74, 6) is 0.227. The van der Waals surface area contributed by atoms with E-state index in [0.717, 1.165) is 5.69 Å². The van der Waals surface area contributed by atoms with Crippen LogP contribution in [-0.2, 0) is 9.84 Å². The number of sulfone groups is 1. The first-order valence-corrected chi connectivity index (χ1v) is 7.78. The summed E-state index contributed by atoms with van der Waals surface area (Å²) in [4.78, 5) is 10.6. The molecule has 6 nitrogen and oxygen atoms in total. The lowest BCUT2D eigenvalue weighted by Gasteiger charge is -2.15. The molecule has 0 aromatic heterocycles. The molecule has 0 saturated heterocycles. The van der Waals surface area contributed by atoms with Crippen molar-refractivity contribution in [2.75, 3.05) is 22.1 Å². The average molecular weight is 285 g/mol. The van der Waals surface area contributed by atoms with Crippen LogP contribution >= 0.6 is 0 Å². The van der Waals surface area contributed by atoms with Gasteiger partial charge < -0.3 is 16.4 Å². The van der Waals surface area contributed by atoms with E-state index in [1.54, 1.807) is 31.2 Å². The van der Waals surface area contributed by atoms with Crippen molar-refractivity contribution in [2.24, 2.45) is 5.73 Å². The lowest BCUT2D eigenvalue weighted by atomic mass is 10.2.